The Labute approximate surface area is 106 Å². The molecule has 1 aliphatic rings. The van der Waals surface area contributed by atoms with Crippen LogP contribution in [0.1, 0.15) is 23.1 Å². The zero-order valence-electron chi connectivity index (χ0n) is 10.1. The summed E-state index contributed by atoms with van der Waals surface area (Å²) in [7, 11) is 0. The van der Waals surface area contributed by atoms with E-state index in [1.807, 2.05) is 6.07 Å². The fourth-order valence-electron chi connectivity index (χ4n) is 2.30. The Morgan fingerprint density at radius 1 is 1.22 bits per heavy atom. The zero-order valence-corrected chi connectivity index (χ0v) is 10.1. The SMILES string of the molecule is NCc1cncnc1Oc1ccc2c(c1)CCC2. The van der Waals surface area contributed by atoms with E-state index in [9.17, 15) is 0 Å². The molecule has 1 aromatic heterocycles. The Bertz CT molecular complexity index is 569. The third kappa shape index (κ3) is 2.07. The Morgan fingerprint density at radius 2 is 2.11 bits per heavy atom. The van der Waals surface area contributed by atoms with Crippen molar-refractivity contribution in [3.63, 3.8) is 0 Å². The van der Waals surface area contributed by atoms with Crippen molar-refractivity contribution in [2.24, 2.45) is 5.73 Å². The smallest absolute Gasteiger partial charge is 0.226 e. The van der Waals surface area contributed by atoms with Crippen LogP contribution in [0.5, 0.6) is 11.6 Å². The number of nitrogens with zero attached hydrogens (tertiary/aromatic N) is 2. The van der Waals surface area contributed by atoms with Crippen LogP contribution in [0, 0.1) is 0 Å². The average Bonchev–Trinajstić information content (AvgIpc) is 2.87. The minimum atomic E-state index is 0.376. The van der Waals surface area contributed by atoms with Gasteiger partial charge >= 0.3 is 0 Å². The van der Waals surface area contributed by atoms with Crippen LogP contribution in [0.25, 0.3) is 0 Å². The summed E-state index contributed by atoms with van der Waals surface area (Å²) in [6.45, 7) is 0.376. The summed E-state index contributed by atoms with van der Waals surface area (Å²) >= 11 is 0. The molecule has 1 aromatic carbocycles. The standard InChI is InChI=1S/C14H15N3O/c15-7-12-8-16-9-17-14(12)18-13-5-4-10-2-1-3-11(10)6-13/h4-6,8-9H,1-3,7,15H2. The average molecular weight is 241 g/mol. The second-order valence-corrected chi connectivity index (χ2v) is 4.44. The molecule has 4 nitrogen and oxygen atoms in total. The number of rotatable bonds is 3. The van der Waals surface area contributed by atoms with Gasteiger partial charge in [0.1, 0.15) is 12.1 Å². The highest BCUT2D eigenvalue weighted by Crippen LogP contribution is 2.29. The number of aromatic nitrogens is 2. The molecule has 18 heavy (non-hydrogen) atoms. The molecule has 0 fully saturated rings. The lowest BCUT2D eigenvalue weighted by Gasteiger charge is -2.09. The van der Waals surface area contributed by atoms with Crippen molar-refractivity contribution >= 4 is 0 Å². The molecule has 1 aliphatic carbocycles. The monoisotopic (exact) mass is 241 g/mol. The first kappa shape index (κ1) is 11.2. The van der Waals surface area contributed by atoms with E-state index in [2.05, 4.69) is 22.1 Å². The maximum atomic E-state index is 5.79. The van der Waals surface area contributed by atoms with Crippen LogP contribution in [0.4, 0.5) is 0 Å². The van der Waals surface area contributed by atoms with E-state index in [4.69, 9.17) is 10.5 Å². The van der Waals surface area contributed by atoms with Gasteiger partial charge in [0, 0.05) is 18.3 Å². The fraction of sp³-hybridized carbons (Fsp3) is 0.286. The fourth-order valence-corrected chi connectivity index (χ4v) is 2.30. The van der Waals surface area contributed by atoms with Crippen molar-refractivity contribution in [3.8, 4) is 11.6 Å². The molecular formula is C14H15N3O. The van der Waals surface area contributed by atoms with E-state index in [-0.39, 0.29) is 0 Å². The predicted octanol–water partition coefficient (Wildman–Crippen LogP) is 2.22. The van der Waals surface area contributed by atoms with Gasteiger partial charge in [-0.2, -0.15) is 0 Å². The number of hydrogen-bond donors (Lipinski definition) is 1. The first-order chi connectivity index (χ1) is 8.86. The topological polar surface area (TPSA) is 61.0 Å². The number of aryl methyl sites for hydroxylation is 2. The maximum Gasteiger partial charge on any atom is 0.226 e. The molecule has 0 aliphatic heterocycles. The van der Waals surface area contributed by atoms with E-state index in [0.717, 1.165) is 17.7 Å². The van der Waals surface area contributed by atoms with E-state index in [1.165, 1.54) is 30.3 Å². The lowest BCUT2D eigenvalue weighted by atomic mass is 10.1. The van der Waals surface area contributed by atoms with Crippen molar-refractivity contribution in [2.45, 2.75) is 25.8 Å². The van der Waals surface area contributed by atoms with Crippen molar-refractivity contribution < 1.29 is 4.74 Å². The summed E-state index contributed by atoms with van der Waals surface area (Å²) in [6, 6.07) is 6.23. The summed E-state index contributed by atoms with van der Waals surface area (Å²) in [4.78, 5) is 8.07. The van der Waals surface area contributed by atoms with Gasteiger partial charge in [0.2, 0.25) is 5.88 Å². The normalized spacial score (nSPS) is 13.4. The van der Waals surface area contributed by atoms with Gasteiger partial charge < -0.3 is 10.5 Å². The van der Waals surface area contributed by atoms with Crippen LogP contribution in [-0.4, -0.2) is 9.97 Å². The Hall–Kier alpha value is -1.94. The number of fused-ring (bicyclic) bond motifs is 1. The molecule has 0 bridgehead atoms. The molecule has 2 aromatic rings. The van der Waals surface area contributed by atoms with Crippen molar-refractivity contribution in [3.05, 3.63) is 47.4 Å². The van der Waals surface area contributed by atoms with Crippen molar-refractivity contribution in [2.75, 3.05) is 0 Å². The van der Waals surface area contributed by atoms with Crippen molar-refractivity contribution in [1.82, 2.24) is 9.97 Å². The molecular weight excluding hydrogens is 226 g/mol. The Kier molecular flexibility index (Phi) is 2.94. The Morgan fingerprint density at radius 3 is 3.00 bits per heavy atom. The molecule has 0 atom stereocenters. The third-order valence-corrected chi connectivity index (χ3v) is 3.25. The van der Waals surface area contributed by atoms with Crippen molar-refractivity contribution in [1.29, 1.82) is 0 Å². The second kappa shape index (κ2) is 4.74. The van der Waals surface area contributed by atoms with Gasteiger partial charge in [-0.3, -0.25) is 0 Å². The molecule has 92 valence electrons. The minimum absolute atomic E-state index is 0.376. The van der Waals surface area contributed by atoms with Gasteiger partial charge in [-0.1, -0.05) is 6.07 Å². The van der Waals surface area contributed by atoms with Gasteiger partial charge in [-0.05, 0) is 42.5 Å². The number of hydrogen-bond acceptors (Lipinski definition) is 4. The summed E-state index contributed by atoms with van der Waals surface area (Å²) in [5.74, 6) is 1.37. The third-order valence-electron chi connectivity index (χ3n) is 3.25. The first-order valence-corrected chi connectivity index (χ1v) is 6.15. The summed E-state index contributed by atoms with van der Waals surface area (Å²) in [5.41, 5.74) is 9.27. The van der Waals surface area contributed by atoms with E-state index in [0.29, 0.717) is 12.4 Å². The van der Waals surface area contributed by atoms with E-state index in [1.54, 1.807) is 6.20 Å². The summed E-state index contributed by atoms with van der Waals surface area (Å²) < 4.78 is 5.79. The highest BCUT2D eigenvalue weighted by atomic mass is 16.5. The van der Waals surface area contributed by atoms with Crippen LogP contribution in [-0.2, 0) is 19.4 Å². The highest BCUT2D eigenvalue weighted by molar-refractivity contribution is 5.40. The predicted molar refractivity (Wildman–Crippen MR) is 68.5 cm³/mol. The molecule has 0 unspecified atom stereocenters. The molecule has 0 amide bonds. The number of ether oxygens (including phenoxy) is 1. The van der Waals surface area contributed by atoms with Crippen LogP contribution >= 0.6 is 0 Å². The van der Waals surface area contributed by atoms with E-state index >= 15 is 0 Å². The maximum absolute atomic E-state index is 5.79. The van der Waals surface area contributed by atoms with Gasteiger partial charge in [0.15, 0.2) is 0 Å². The minimum Gasteiger partial charge on any atom is -0.439 e. The lowest BCUT2D eigenvalue weighted by molar-refractivity contribution is 0.454. The van der Waals surface area contributed by atoms with E-state index < -0.39 is 0 Å². The van der Waals surface area contributed by atoms with Gasteiger partial charge in [-0.15, -0.1) is 0 Å². The molecule has 0 saturated heterocycles. The number of benzene rings is 1. The molecule has 3 rings (SSSR count). The van der Waals surface area contributed by atoms with Crippen LogP contribution in [0.3, 0.4) is 0 Å². The summed E-state index contributed by atoms with van der Waals surface area (Å²) in [6.07, 6.45) is 6.72. The molecule has 4 heteroatoms. The van der Waals surface area contributed by atoms with Gasteiger partial charge in [-0.25, -0.2) is 9.97 Å². The zero-order chi connectivity index (χ0) is 12.4. The Balaban J connectivity index is 1.88. The highest BCUT2D eigenvalue weighted by Gasteiger charge is 2.12. The first-order valence-electron chi connectivity index (χ1n) is 6.15. The van der Waals surface area contributed by atoms with Crippen LogP contribution in [0.2, 0.25) is 0 Å². The summed E-state index contributed by atoms with van der Waals surface area (Å²) in [5, 5.41) is 0. The molecule has 2 N–H and O–H groups in total. The molecule has 0 radical (unpaired) electrons. The molecule has 0 saturated carbocycles. The lowest BCUT2D eigenvalue weighted by Crippen LogP contribution is -2.02. The molecule has 0 spiro atoms. The van der Waals surface area contributed by atoms with Crippen LogP contribution < -0.4 is 10.5 Å². The number of nitrogens with two attached hydrogens (primary N) is 1. The second-order valence-electron chi connectivity index (χ2n) is 4.44. The largest absolute Gasteiger partial charge is 0.439 e. The van der Waals surface area contributed by atoms with Gasteiger partial charge in [0.05, 0.1) is 0 Å². The van der Waals surface area contributed by atoms with Gasteiger partial charge in [0.25, 0.3) is 0 Å². The quantitative estimate of drug-likeness (QED) is 0.895. The van der Waals surface area contributed by atoms with Crippen LogP contribution in [0.15, 0.2) is 30.7 Å². The molecule has 1 heterocycles.